The smallest absolute Gasteiger partial charge is 0.0543 e. The molecule has 0 bridgehead atoms. The van der Waals surface area contributed by atoms with Crippen LogP contribution in [0.4, 0.5) is 17.1 Å². The van der Waals surface area contributed by atoms with Crippen LogP contribution in [0.2, 0.25) is 0 Å². The predicted molar refractivity (Wildman–Crippen MR) is 214 cm³/mol. The Morgan fingerprint density at radius 3 is 1.70 bits per heavy atom. The number of fused-ring (bicyclic) bond motifs is 9. The number of nitrogens with zero attached hydrogens (tertiary/aromatic N) is 1. The van der Waals surface area contributed by atoms with Crippen LogP contribution in [0.1, 0.15) is 25.0 Å². The molecule has 0 unspecified atom stereocenters. The summed E-state index contributed by atoms with van der Waals surface area (Å²) in [6, 6.07) is 65.0. The van der Waals surface area contributed by atoms with Crippen LogP contribution in [-0.4, -0.2) is 0 Å². The van der Waals surface area contributed by atoms with Crippen molar-refractivity contribution in [1.29, 1.82) is 0 Å². The van der Waals surface area contributed by atoms with E-state index < -0.39 is 0 Å². The van der Waals surface area contributed by atoms with E-state index in [2.05, 4.69) is 195 Å². The van der Waals surface area contributed by atoms with Crippen LogP contribution in [0, 0.1) is 0 Å². The van der Waals surface area contributed by atoms with Crippen LogP contribution in [-0.2, 0) is 5.41 Å². The molecule has 10 rings (SSSR count). The minimum absolute atomic E-state index is 0.112. The first-order valence-corrected chi connectivity index (χ1v) is 17.5. The zero-order valence-corrected chi connectivity index (χ0v) is 28.2. The maximum atomic E-state index is 2.54. The molecule has 0 heterocycles. The molecule has 0 spiro atoms. The molecule has 9 aromatic rings. The molecule has 0 atom stereocenters. The average Bonchev–Trinajstić information content (AvgIpc) is 3.41. The highest BCUT2D eigenvalue weighted by Crippen LogP contribution is 2.55. The second-order valence-corrected chi connectivity index (χ2v) is 14.1. The SMILES string of the molecule is CC1(C)c2ccccc2-c2c(N(c3ccccc3-c3cccc4ccccc34)c3cccc4c3ccc3c5ccccc5ccc43)cccc21. The lowest BCUT2D eigenvalue weighted by Gasteiger charge is -2.31. The van der Waals surface area contributed by atoms with Crippen molar-refractivity contribution in [2.45, 2.75) is 19.3 Å². The molecule has 0 fully saturated rings. The number of rotatable bonds is 4. The molecular weight excluding hydrogens is 603 g/mol. The summed E-state index contributed by atoms with van der Waals surface area (Å²) in [6.45, 7) is 4.73. The van der Waals surface area contributed by atoms with Crippen molar-refractivity contribution < 1.29 is 0 Å². The third kappa shape index (κ3) is 4.13. The van der Waals surface area contributed by atoms with Crippen LogP contribution in [0.3, 0.4) is 0 Å². The average molecular weight is 638 g/mol. The minimum Gasteiger partial charge on any atom is -0.309 e. The van der Waals surface area contributed by atoms with Gasteiger partial charge in [0.1, 0.15) is 0 Å². The van der Waals surface area contributed by atoms with Crippen molar-refractivity contribution in [3.63, 3.8) is 0 Å². The number of hydrogen-bond acceptors (Lipinski definition) is 1. The Labute approximate surface area is 292 Å². The highest BCUT2D eigenvalue weighted by molar-refractivity contribution is 6.20. The van der Waals surface area contributed by atoms with E-state index in [0.717, 1.165) is 5.69 Å². The third-order valence-electron chi connectivity index (χ3n) is 11.1. The minimum atomic E-state index is -0.112. The maximum absolute atomic E-state index is 2.54. The van der Waals surface area contributed by atoms with E-state index in [1.54, 1.807) is 0 Å². The maximum Gasteiger partial charge on any atom is 0.0543 e. The Kier molecular flexibility index (Phi) is 6.29. The number of benzene rings is 9. The summed E-state index contributed by atoms with van der Waals surface area (Å²) in [4.78, 5) is 2.54. The molecule has 0 radical (unpaired) electrons. The molecule has 1 nitrogen and oxygen atoms in total. The van der Waals surface area contributed by atoms with Gasteiger partial charge in [0.25, 0.3) is 0 Å². The molecule has 1 aliphatic carbocycles. The fourth-order valence-electron chi connectivity index (χ4n) is 8.70. The fraction of sp³-hybridized carbons (Fsp3) is 0.0612. The molecule has 0 amide bonds. The van der Waals surface area contributed by atoms with Gasteiger partial charge in [-0.15, -0.1) is 0 Å². The van der Waals surface area contributed by atoms with Gasteiger partial charge in [0.05, 0.1) is 17.1 Å². The standard InChI is InChI=1S/C49H35N/c1-49(2)43-23-9-7-20-42(43)48-44(49)24-13-27-47(48)50(45-25-10-8-19-40(45)36-21-11-16-32-14-3-5-17-34(32)36)46-26-12-22-37-39-29-28-33-15-4-6-18-35(33)38(39)30-31-41(37)46/h3-31H,1-2H3. The molecule has 0 saturated heterocycles. The fourth-order valence-corrected chi connectivity index (χ4v) is 8.70. The summed E-state index contributed by atoms with van der Waals surface area (Å²) >= 11 is 0. The van der Waals surface area contributed by atoms with Crippen molar-refractivity contribution in [3.8, 4) is 22.3 Å². The Hall–Kier alpha value is -6.18. The molecular formula is C49H35N. The lowest BCUT2D eigenvalue weighted by Crippen LogP contribution is -2.16. The van der Waals surface area contributed by atoms with Gasteiger partial charge in [0, 0.05) is 21.9 Å². The third-order valence-corrected chi connectivity index (χ3v) is 11.1. The van der Waals surface area contributed by atoms with Gasteiger partial charge in [-0.1, -0.05) is 172 Å². The van der Waals surface area contributed by atoms with Gasteiger partial charge in [-0.25, -0.2) is 0 Å². The summed E-state index contributed by atoms with van der Waals surface area (Å²) < 4.78 is 0. The van der Waals surface area contributed by atoms with Crippen LogP contribution >= 0.6 is 0 Å². The van der Waals surface area contributed by atoms with Crippen molar-refractivity contribution in [2.24, 2.45) is 0 Å². The van der Waals surface area contributed by atoms with Crippen LogP contribution < -0.4 is 4.90 Å². The first-order chi connectivity index (χ1) is 24.6. The topological polar surface area (TPSA) is 3.24 Å². The quantitative estimate of drug-likeness (QED) is 0.174. The van der Waals surface area contributed by atoms with Gasteiger partial charge in [-0.3, -0.25) is 0 Å². The molecule has 1 aliphatic rings. The predicted octanol–water partition coefficient (Wildman–Crippen LogP) is 13.7. The van der Waals surface area contributed by atoms with Crippen molar-refractivity contribution in [3.05, 3.63) is 187 Å². The van der Waals surface area contributed by atoms with E-state index in [1.165, 1.54) is 87.8 Å². The highest BCUT2D eigenvalue weighted by Gasteiger charge is 2.38. The summed E-state index contributed by atoms with van der Waals surface area (Å²) in [5, 5.41) is 10.1. The Morgan fingerprint density at radius 1 is 0.320 bits per heavy atom. The number of anilines is 3. The number of para-hydroxylation sites is 1. The molecule has 9 aromatic carbocycles. The lowest BCUT2D eigenvalue weighted by molar-refractivity contribution is 0.660. The largest absolute Gasteiger partial charge is 0.309 e. The van der Waals surface area contributed by atoms with E-state index in [0.29, 0.717) is 0 Å². The molecule has 50 heavy (non-hydrogen) atoms. The molecule has 236 valence electrons. The normalized spacial score (nSPS) is 13.2. The van der Waals surface area contributed by atoms with Crippen LogP contribution in [0.5, 0.6) is 0 Å². The van der Waals surface area contributed by atoms with E-state index in [4.69, 9.17) is 0 Å². The van der Waals surface area contributed by atoms with Gasteiger partial charge < -0.3 is 4.90 Å². The van der Waals surface area contributed by atoms with Crippen LogP contribution in [0.15, 0.2) is 176 Å². The van der Waals surface area contributed by atoms with Gasteiger partial charge in [-0.2, -0.15) is 0 Å². The van der Waals surface area contributed by atoms with E-state index >= 15 is 0 Å². The Morgan fingerprint density at radius 2 is 0.820 bits per heavy atom. The lowest BCUT2D eigenvalue weighted by atomic mass is 9.82. The van der Waals surface area contributed by atoms with E-state index in [9.17, 15) is 0 Å². The first-order valence-electron chi connectivity index (χ1n) is 17.5. The second kappa shape index (κ2) is 10.9. The summed E-state index contributed by atoms with van der Waals surface area (Å²) in [7, 11) is 0. The molecule has 0 aromatic heterocycles. The molecule has 0 saturated carbocycles. The van der Waals surface area contributed by atoms with Gasteiger partial charge >= 0.3 is 0 Å². The van der Waals surface area contributed by atoms with Crippen molar-refractivity contribution >= 4 is 60.2 Å². The zero-order valence-electron chi connectivity index (χ0n) is 28.2. The highest BCUT2D eigenvalue weighted by atomic mass is 15.1. The second-order valence-electron chi connectivity index (χ2n) is 14.1. The molecule has 1 heteroatoms. The first kappa shape index (κ1) is 28.8. The van der Waals surface area contributed by atoms with Crippen LogP contribution in [0.25, 0.3) is 65.3 Å². The Balaban J connectivity index is 1.32. The zero-order chi connectivity index (χ0) is 33.4. The van der Waals surface area contributed by atoms with Crippen molar-refractivity contribution in [2.75, 3.05) is 4.90 Å². The van der Waals surface area contributed by atoms with E-state index in [1.807, 2.05) is 0 Å². The van der Waals surface area contributed by atoms with Gasteiger partial charge in [-0.05, 0) is 78.2 Å². The van der Waals surface area contributed by atoms with Gasteiger partial charge in [0.2, 0.25) is 0 Å². The summed E-state index contributed by atoms with van der Waals surface area (Å²) in [5.74, 6) is 0. The van der Waals surface area contributed by atoms with E-state index in [-0.39, 0.29) is 5.41 Å². The molecule has 0 aliphatic heterocycles. The molecule has 0 N–H and O–H groups in total. The Bertz CT molecular complexity index is 2800. The summed E-state index contributed by atoms with van der Waals surface area (Å²) in [6.07, 6.45) is 0. The summed E-state index contributed by atoms with van der Waals surface area (Å²) in [5.41, 5.74) is 11.2. The van der Waals surface area contributed by atoms with Gasteiger partial charge in [0.15, 0.2) is 0 Å². The monoisotopic (exact) mass is 637 g/mol. The number of hydrogen-bond donors (Lipinski definition) is 0. The van der Waals surface area contributed by atoms with Crippen molar-refractivity contribution in [1.82, 2.24) is 0 Å².